The van der Waals surface area contributed by atoms with E-state index in [2.05, 4.69) is 32.0 Å². The van der Waals surface area contributed by atoms with E-state index in [1.165, 1.54) is 13.8 Å². The zero-order valence-electron chi connectivity index (χ0n) is 24.8. The standard InChI is InChI=1S/C32H39N5O6/c1-21-28(19-36-14-16-37(17-15-36)32-33-12-5-13-34-32)42-31(43-29(21)25-10-8-24(20-38)9-11-25)26-6-4-7-27(18-26)35-30(40)22(2)41-23(3)39/h4-13,18,21-22,28-29,31,38H,14-17,19-20H2,1-3H3,(H,35,40)/t21-,22-,28+,29+,31+/m0/s1. The van der Waals surface area contributed by atoms with Crippen LogP contribution in [0.4, 0.5) is 11.6 Å². The number of anilines is 2. The Hall–Kier alpha value is -3.90. The minimum Gasteiger partial charge on any atom is -0.453 e. The van der Waals surface area contributed by atoms with Gasteiger partial charge in [0.2, 0.25) is 5.95 Å². The fraction of sp³-hybridized carbons (Fsp3) is 0.438. The maximum absolute atomic E-state index is 12.6. The second-order valence-electron chi connectivity index (χ2n) is 11.0. The molecule has 0 bridgehead atoms. The van der Waals surface area contributed by atoms with Gasteiger partial charge >= 0.3 is 5.97 Å². The van der Waals surface area contributed by atoms with Crippen LogP contribution < -0.4 is 10.2 Å². The third-order valence-corrected chi connectivity index (χ3v) is 7.91. The van der Waals surface area contributed by atoms with Gasteiger partial charge in [-0.05, 0) is 36.2 Å². The molecule has 0 spiro atoms. The van der Waals surface area contributed by atoms with Crippen molar-refractivity contribution in [2.75, 3.05) is 42.9 Å². The van der Waals surface area contributed by atoms with Gasteiger partial charge in [0.1, 0.15) is 0 Å². The molecule has 0 aliphatic carbocycles. The van der Waals surface area contributed by atoms with Crippen LogP contribution >= 0.6 is 0 Å². The highest BCUT2D eigenvalue weighted by atomic mass is 16.7. The van der Waals surface area contributed by atoms with Crippen LogP contribution in [0.3, 0.4) is 0 Å². The van der Waals surface area contributed by atoms with Crippen LogP contribution in [0.2, 0.25) is 0 Å². The Labute approximate surface area is 251 Å². The number of carbonyl (C=O) groups is 2. The predicted octanol–water partition coefficient (Wildman–Crippen LogP) is 3.47. The summed E-state index contributed by atoms with van der Waals surface area (Å²) in [5.41, 5.74) is 3.15. The molecule has 1 aromatic heterocycles. The molecule has 0 radical (unpaired) electrons. The van der Waals surface area contributed by atoms with Gasteiger partial charge in [-0.2, -0.15) is 0 Å². The number of nitrogens with zero attached hydrogens (tertiary/aromatic N) is 4. The van der Waals surface area contributed by atoms with Crippen LogP contribution in [0.5, 0.6) is 0 Å². The van der Waals surface area contributed by atoms with E-state index in [-0.39, 0.29) is 24.7 Å². The summed E-state index contributed by atoms with van der Waals surface area (Å²) < 4.78 is 18.2. The normalized spacial score (nSPS) is 23.4. The SMILES string of the molecule is CC(=O)O[C@@H](C)C(=O)Nc1cccc([C@@H]2O[C@H](CN3CCN(c4ncccn4)CC3)[C@H](C)[C@H](c3ccc(CO)cc3)O2)c1. The van der Waals surface area contributed by atoms with Crippen molar-refractivity contribution in [3.05, 3.63) is 83.7 Å². The van der Waals surface area contributed by atoms with Crippen LogP contribution in [0.15, 0.2) is 67.0 Å². The Bertz CT molecular complexity index is 1370. The van der Waals surface area contributed by atoms with E-state index in [9.17, 15) is 14.7 Å². The van der Waals surface area contributed by atoms with Gasteiger partial charge in [-0.3, -0.25) is 14.5 Å². The summed E-state index contributed by atoms with van der Waals surface area (Å²) >= 11 is 0. The maximum Gasteiger partial charge on any atom is 0.303 e. The molecule has 43 heavy (non-hydrogen) atoms. The molecule has 2 saturated heterocycles. The second-order valence-corrected chi connectivity index (χ2v) is 11.0. The summed E-state index contributed by atoms with van der Waals surface area (Å²) in [6.45, 7) is 9.00. The van der Waals surface area contributed by atoms with Crippen LogP contribution in [0.1, 0.15) is 49.9 Å². The number of rotatable bonds is 9. The molecular weight excluding hydrogens is 550 g/mol. The largest absolute Gasteiger partial charge is 0.453 e. The van der Waals surface area contributed by atoms with Crippen molar-refractivity contribution in [2.24, 2.45) is 5.92 Å². The molecule has 228 valence electrons. The van der Waals surface area contributed by atoms with E-state index in [0.29, 0.717) is 5.69 Å². The number of nitrogens with one attached hydrogen (secondary N) is 1. The topological polar surface area (TPSA) is 126 Å². The van der Waals surface area contributed by atoms with Crippen molar-refractivity contribution < 1.29 is 28.9 Å². The minimum atomic E-state index is -0.922. The molecule has 3 heterocycles. The molecule has 5 atom stereocenters. The molecule has 5 rings (SSSR count). The van der Waals surface area contributed by atoms with Crippen LogP contribution in [0.25, 0.3) is 0 Å². The summed E-state index contributed by atoms with van der Waals surface area (Å²) in [7, 11) is 0. The van der Waals surface area contributed by atoms with E-state index in [4.69, 9.17) is 14.2 Å². The zero-order valence-corrected chi connectivity index (χ0v) is 24.8. The summed E-state index contributed by atoms with van der Waals surface area (Å²) in [6.07, 6.45) is 1.54. The number of piperazine rings is 1. The molecule has 2 aliphatic rings. The number of aliphatic hydroxyl groups excluding tert-OH is 1. The van der Waals surface area contributed by atoms with E-state index in [1.54, 1.807) is 18.5 Å². The van der Waals surface area contributed by atoms with E-state index < -0.39 is 24.3 Å². The Balaban J connectivity index is 1.32. The lowest BCUT2D eigenvalue weighted by molar-refractivity contribution is -0.276. The lowest BCUT2D eigenvalue weighted by Gasteiger charge is -2.44. The highest BCUT2D eigenvalue weighted by Gasteiger charge is 2.39. The molecule has 11 nitrogen and oxygen atoms in total. The average molecular weight is 590 g/mol. The van der Waals surface area contributed by atoms with E-state index in [1.807, 2.05) is 48.5 Å². The Morgan fingerprint density at radius 3 is 2.42 bits per heavy atom. The number of aromatic nitrogens is 2. The highest BCUT2D eigenvalue weighted by molar-refractivity contribution is 5.95. The van der Waals surface area contributed by atoms with Crippen LogP contribution in [-0.2, 0) is 30.4 Å². The predicted molar refractivity (Wildman–Crippen MR) is 160 cm³/mol. The molecule has 3 aromatic rings. The van der Waals surface area contributed by atoms with Crippen molar-refractivity contribution >= 4 is 23.5 Å². The van der Waals surface area contributed by atoms with Crippen LogP contribution in [-0.4, -0.2) is 76.8 Å². The molecule has 2 aliphatic heterocycles. The molecule has 2 fully saturated rings. The number of aliphatic hydroxyl groups is 1. The first-order valence-electron chi connectivity index (χ1n) is 14.6. The van der Waals surface area contributed by atoms with Gasteiger partial charge in [0.15, 0.2) is 12.4 Å². The second kappa shape index (κ2) is 14.0. The van der Waals surface area contributed by atoms with Crippen molar-refractivity contribution in [3.8, 4) is 0 Å². The smallest absolute Gasteiger partial charge is 0.303 e. The monoisotopic (exact) mass is 589 g/mol. The van der Waals surface area contributed by atoms with Crippen LogP contribution in [0, 0.1) is 5.92 Å². The molecular formula is C32H39N5O6. The average Bonchev–Trinajstić information content (AvgIpc) is 3.02. The lowest BCUT2D eigenvalue weighted by atomic mass is 9.90. The zero-order chi connectivity index (χ0) is 30.3. The van der Waals surface area contributed by atoms with Crippen molar-refractivity contribution in [1.82, 2.24) is 14.9 Å². The summed E-state index contributed by atoms with van der Waals surface area (Å²) in [4.78, 5) is 37.2. The van der Waals surface area contributed by atoms with Gasteiger partial charge in [0, 0.05) is 69.2 Å². The lowest BCUT2D eigenvalue weighted by Crippen LogP contribution is -2.51. The molecule has 11 heteroatoms. The number of hydrogen-bond donors (Lipinski definition) is 2. The third-order valence-electron chi connectivity index (χ3n) is 7.91. The molecule has 0 unspecified atom stereocenters. The van der Waals surface area contributed by atoms with Crippen molar-refractivity contribution in [3.63, 3.8) is 0 Å². The van der Waals surface area contributed by atoms with Gasteiger partial charge in [-0.1, -0.05) is 43.3 Å². The fourth-order valence-electron chi connectivity index (χ4n) is 5.48. The highest BCUT2D eigenvalue weighted by Crippen LogP contribution is 2.42. The fourth-order valence-corrected chi connectivity index (χ4v) is 5.48. The van der Waals surface area contributed by atoms with Gasteiger partial charge < -0.3 is 29.5 Å². The quantitative estimate of drug-likeness (QED) is 0.358. The van der Waals surface area contributed by atoms with E-state index in [0.717, 1.165) is 55.4 Å². The summed E-state index contributed by atoms with van der Waals surface area (Å²) in [5.74, 6) is -0.155. The number of amides is 1. The van der Waals surface area contributed by atoms with Gasteiger partial charge in [-0.25, -0.2) is 9.97 Å². The third kappa shape index (κ3) is 7.74. The van der Waals surface area contributed by atoms with Gasteiger partial charge in [0.25, 0.3) is 5.91 Å². The minimum absolute atomic E-state index is 0.0235. The number of carbonyl (C=O) groups excluding carboxylic acids is 2. The van der Waals surface area contributed by atoms with Crippen molar-refractivity contribution in [2.45, 2.75) is 52.0 Å². The van der Waals surface area contributed by atoms with E-state index >= 15 is 0 Å². The Morgan fingerprint density at radius 2 is 1.74 bits per heavy atom. The Kier molecular flexibility index (Phi) is 9.98. The molecule has 2 aromatic carbocycles. The number of ether oxygens (including phenoxy) is 3. The molecule has 0 saturated carbocycles. The molecule has 2 N–H and O–H groups in total. The summed E-state index contributed by atoms with van der Waals surface area (Å²) in [5, 5.41) is 12.4. The first-order chi connectivity index (χ1) is 20.8. The first kappa shape index (κ1) is 30.6. The summed E-state index contributed by atoms with van der Waals surface area (Å²) in [6, 6.07) is 17.0. The van der Waals surface area contributed by atoms with Gasteiger partial charge in [0.05, 0.1) is 18.8 Å². The molecule has 1 amide bonds. The van der Waals surface area contributed by atoms with Gasteiger partial charge in [-0.15, -0.1) is 0 Å². The first-order valence-corrected chi connectivity index (χ1v) is 14.6. The number of hydrogen-bond acceptors (Lipinski definition) is 10. The van der Waals surface area contributed by atoms with Crippen molar-refractivity contribution in [1.29, 1.82) is 0 Å². The number of esters is 1. The number of benzene rings is 2. The Morgan fingerprint density at radius 1 is 1.02 bits per heavy atom. The maximum atomic E-state index is 12.6.